The van der Waals surface area contributed by atoms with Gasteiger partial charge in [-0.3, -0.25) is 0 Å². The van der Waals surface area contributed by atoms with Crippen molar-refractivity contribution in [1.29, 1.82) is 0 Å². The number of hydrogen-bond donors (Lipinski definition) is 2. The topological polar surface area (TPSA) is 32.3 Å². The van der Waals surface area contributed by atoms with Crippen LogP contribution in [0.25, 0.3) is 0 Å². The Labute approximate surface area is 121 Å². The van der Waals surface area contributed by atoms with Crippen molar-refractivity contribution in [2.45, 2.75) is 17.9 Å². The second kappa shape index (κ2) is 6.09. The highest BCUT2D eigenvalue weighted by atomic mass is 32.2. The van der Waals surface area contributed by atoms with E-state index in [1.165, 1.54) is 11.1 Å². The number of benzene rings is 1. The number of nitrogens with one attached hydrogen (secondary N) is 1. The average Bonchev–Trinajstić information content (AvgIpc) is 2.99. The van der Waals surface area contributed by atoms with Crippen molar-refractivity contribution in [2.24, 2.45) is 0 Å². The molecule has 0 saturated carbocycles. The van der Waals surface area contributed by atoms with E-state index in [2.05, 4.69) is 29.6 Å². The maximum absolute atomic E-state index is 10.1. The van der Waals surface area contributed by atoms with Gasteiger partial charge in [0, 0.05) is 24.1 Å². The molecule has 100 valence electrons. The molecule has 2 nitrogen and oxygen atoms in total. The summed E-state index contributed by atoms with van der Waals surface area (Å²) in [7, 11) is 0. The molecule has 0 amide bonds. The first-order chi connectivity index (χ1) is 9.34. The van der Waals surface area contributed by atoms with Crippen molar-refractivity contribution < 1.29 is 5.11 Å². The van der Waals surface area contributed by atoms with Crippen molar-refractivity contribution in [1.82, 2.24) is 5.32 Å². The Morgan fingerprint density at radius 1 is 1.32 bits per heavy atom. The zero-order chi connectivity index (χ0) is 13.1. The minimum absolute atomic E-state index is 0.350. The first-order valence-corrected chi connectivity index (χ1v) is 8.53. The van der Waals surface area contributed by atoms with Gasteiger partial charge in [0.15, 0.2) is 0 Å². The number of aliphatic hydroxyl groups is 1. The van der Waals surface area contributed by atoms with E-state index >= 15 is 0 Å². The summed E-state index contributed by atoms with van der Waals surface area (Å²) in [6.45, 7) is 0.607. The Balaban J connectivity index is 1.65. The zero-order valence-corrected chi connectivity index (χ0v) is 12.2. The third-order valence-corrected chi connectivity index (χ3v) is 5.24. The lowest BCUT2D eigenvalue weighted by atomic mass is 10.0. The lowest BCUT2D eigenvalue weighted by molar-refractivity contribution is 0.171. The molecule has 0 bridgehead atoms. The van der Waals surface area contributed by atoms with Crippen LogP contribution in [0.4, 0.5) is 0 Å². The van der Waals surface area contributed by atoms with Crippen LogP contribution in [0.2, 0.25) is 0 Å². The summed E-state index contributed by atoms with van der Waals surface area (Å²) in [5.74, 6) is 2.18. The zero-order valence-electron chi connectivity index (χ0n) is 10.6. The highest BCUT2D eigenvalue weighted by Crippen LogP contribution is 2.31. The van der Waals surface area contributed by atoms with E-state index in [-0.39, 0.29) is 0 Å². The standard InChI is InChI=1S/C15H17NOS2/c17-15(12-5-6-18-9-12)7-16-14-10-19-8-11-3-1-2-4-13(11)14/h1-6,9,14-17H,7-8,10H2. The van der Waals surface area contributed by atoms with Crippen LogP contribution < -0.4 is 5.32 Å². The highest BCUT2D eigenvalue weighted by molar-refractivity contribution is 7.98. The summed E-state index contributed by atoms with van der Waals surface area (Å²) in [5.41, 5.74) is 3.81. The normalized spacial score (nSPS) is 19.9. The summed E-state index contributed by atoms with van der Waals surface area (Å²) in [6.07, 6.45) is -0.412. The van der Waals surface area contributed by atoms with Crippen LogP contribution in [0, 0.1) is 0 Å². The second-order valence-corrected chi connectivity index (χ2v) is 6.56. The number of aliphatic hydroxyl groups excluding tert-OH is 1. The van der Waals surface area contributed by atoms with Crippen molar-refractivity contribution in [3.8, 4) is 0 Å². The molecule has 1 aromatic carbocycles. The smallest absolute Gasteiger partial charge is 0.0922 e. The Hall–Kier alpha value is -0.810. The van der Waals surface area contributed by atoms with Crippen LogP contribution >= 0.6 is 23.1 Å². The fraction of sp³-hybridized carbons (Fsp3) is 0.333. The first kappa shape index (κ1) is 13.2. The molecule has 2 heterocycles. The highest BCUT2D eigenvalue weighted by Gasteiger charge is 2.20. The predicted octanol–water partition coefficient (Wildman–Crippen LogP) is 3.36. The van der Waals surface area contributed by atoms with E-state index in [4.69, 9.17) is 0 Å². The van der Waals surface area contributed by atoms with Crippen LogP contribution in [0.1, 0.15) is 28.8 Å². The Morgan fingerprint density at radius 3 is 3.05 bits per heavy atom. The fourth-order valence-electron chi connectivity index (χ4n) is 2.39. The van der Waals surface area contributed by atoms with Crippen molar-refractivity contribution in [2.75, 3.05) is 12.3 Å². The van der Waals surface area contributed by atoms with E-state index in [1.807, 2.05) is 28.6 Å². The third kappa shape index (κ3) is 3.03. The van der Waals surface area contributed by atoms with E-state index in [0.29, 0.717) is 12.6 Å². The lowest BCUT2D eigenvalue weighted by Gasteiger charge is -2.27. The van der Waals surface area contributed by atoms with Gasteiger partial charge in [0.25, 0.3) is 0 Å². The van der Waals surface area contributed by atoms with Gasteiger partial charge < -0.3 is 10.4 Å². The summed E-state index contributed by atoms with van der Waals surface area (Å²) in [4.78, 5) is 0. The molecular weight excluding hydrogens is 274 g/mol. The van der Waals surface area contributed by atoms with E-state index in [9.17, 15) is 5.11 Å². The molecule has 3 rings (SSSR count). The Morgan fingerprint density at radius 2 is 2.21 bits per heavy atom. The molecule has 2 atom stereocenters. The molecule has 0 saturated heterocycles. The maximum Gasteiger partial charge on any atom is 0.0922 e. The van der Waals surface area contributed by atoms with Gasteiger partial charge in [0.1, 0.15) is 0 Å². The van der Waals surface area contributed by atoms with E-state index in [0.717, 1.165) is 17.1 Å². The molecule has 1 aliphatic rings. The number of rotatable bonds is 4. The van der Waals surface area contributed by atoms with E-state index < -0.39 is 6.10 Å². The average molecular weight is 291 g/mol. The number of thiophene rings is 1. The van der Waals surface area contributed by atoms with Gasteiger partial charge in [-0.25, -0.2) is 0 Å². The summed E-state index contributed by atoms with van der Waals surface area (Å²) < 4.78 is 0. The first-order valence-electron chi connectivity index (χ1n) is 6.43. The van der Waals surface area contributed by atoms with Gasteiger partial charge in [0.05, 0.1) is 6.10 Å². The van der Waals surface area contributed by atoms with Crippen molar-refractivity contribution in [3.63, 3.8) is 0 Å². The monoisotopic (exact) mass is 291 g/mol. The van der Waals surface area contributed by atoms with Crippen molar-refractivity contribution in [3.05, 3.63) is 57.8 Å². The molecule has 1 aliphatic heterocycles. The predicted molar refractivity (Wildman–Crippen MR) is 82.6 cm³/mol. The largest absolute Gasteiger partial charge is 0.387 e. The SMILES string of the molecule is OC(CNC1CSCc2ccccc21)c1ccsc1. The molecule has 1 aromatic heterocycles. The molecule has 2 unspecified atom stereocenters. The van der Waals surface area contributed by atoms with Crippen LogP contribution in [0.15, 0.2) is 41.1 Å². The minimum Gasteiger partial charge on any atom is -0.387 e. The third-order valence-electron chi connectivity index (χ3n) is 3.46. The van der Waals surface area contributed by atoms with Gasteiger partial charge in [-0.1, -0.05) is 24.3 Å². The summed E-state index contributed by atoms with van der Waals surface area (Å²) in [5, 5.41) is 17.6. The maximum atomic E-state index is 10.1. The Kier molecular flexibility index (Phi) is 4.23. The molecule has 0 radical (unpaired) electrons. The van der Waals surface area contributed by atoms with Crippen LogP contribution in [0.5, 0.6) is 0 Å². The number of thioether (sulfide) groups is 1. The van der Waals surface area contributed by atoms with Crippen molar-refractivity contribution >= 4 is 23.1 Å². The van der Waals surface area contributed by atoms with Crippen LogP contribution in [-0.4, -0.2) is 17.4 Å². The molecule has 4 heteroatoms. The lowest BCUT2D eigenvalue weighted by Crippen LogP contribution is -2.30. The number of fused-ring (bicyclic) bond motifs is 1. The van der Waals surface area contributed by atoms with Crippen LogP contribution in [0.3, 0.4) is 0 Å². The van der Waals surface area contributed by atoms with E-state index in [1.54, 1.807) is 11.3 Å². The molecule has 0 fully saturated rings. The Bertz CT molecular complexity index is 527. The van der Waals surface area contributed by atoms with Gasteiger partial charge in [-0.2, -0.15) is 23.1 Å². The van der Waals surface area contributed by atoms with Gasteiger partial charge >= 0.3 is 0 Å². The quantitative estimate of drug-likeness (QED) is 0.906. The summed E-state index contributed by atoms with van der Waals surface area (Å²) in [6, 6.07) is 10.9. The molecule has 19 heavy (non-hydrogen) atoms. The second-order valence-electron chi connectivity index (χ2n) is 4.75. The van der Waals surface area contributed by atoms with Gasteiger partial charge in [-0.15, -0.1) is 0 Å². The van der Waals surface area contributed by atoms with Gasteiger partial charge in [0.2, 0.25) is 0 Å². The fourth-order valence-corrected chi connectivity index (χ4v) is 4.23. The number of hydrogen-bond acceptors (Lipinski definition) is 4. The van der Waals surface area contributed by atoms with Gasteiger partial charge in [-0.05, 0) is 33.5 Å². The molecule has 2 aromatic rings. The van der Waals surface area contributed by atoms with Crippen LogP contribution in [-0.2, 0) is 5.75 Å². The molecular formula is C15H17NOS2. The molecule has 0 aliphatic carbocycles. The summed E-state index contributed by atoms with van der Waals surface area (Å²) >= 11 is 3.58. The molecule has 2 N–H and O–H groups in total. The minimum atomic E-state index is -0.412. The molecule has 0 spiro atoms.